The molecule has 2 heterocycles. The lowest BCUT2D eigenvalue weighted by atomic mass is 9.99. The summed E-state index contributed by atoms with van der Waals surface area (Å²) in [7, 11) is 0. The van der Waals surface area contributed by atoms with E-state index in [1.165, 1.54) is 6.07 Å². The van der Waals surface area contributed by atoms with Crippen LogP contribution in [0.3, 0.4) is 0 Å². The van der Waals surface area contributed by atoms with E-state index >= 15 is 0 Å². The molecule has 0 spiro atoms. The Morgan fingerprint density at radius 2 is 1.74 bits per heavy atom. The fourth-order valence-corrected chi connectivity index (χ4v) is 2.49. The van der Waals surface area contributed by atoms with Crippen LogP contribution in [0.1, 0.15) is 0 Å². The third-order valence-corrected chi connectivity index (χ3v) is 3.82. The maximum Gasteiger partial charge on any atom is 0.336 e. The standard InChI is InChI=1S/C15H17NO7/c17-11-4-2-7-1-3-8(5-9(7)22-11)16-6-10-12(18)13(19)14(20)15(21)23-10/h1-5,10,12-16,18-21H,6H2/t10?,12-,13?,14-,15?/m1/s1. The van der Waals surface area contributed by atoms with Crippen LogP contribution in [0.15, 0.2) is 39.5 Å². The number of fused-ring (bicyclic) bond motifs is 1. The van der Waals surface area contributed by atoms with E-state index in [-0.39, 0.29) is 6.54 Å². The lowest BCUT2D eigenvalue weighted by Gasteiger charge is -2.38. The van der Waals surface area contributed by atoms with Crippen molar-refractivity contribution in [2.45, 2.75) is 30.7 Å². The first-order chi connectivity index (χ1) is 11.0. The largest absolute Gasteiger partial charge is 0.423 e. The molecule has 5 atom stereocenters. The summed E-state index contributed by atoms with van der Waals surface area (Å²) >= 11 is 0. The van der Waals surface area contributed by atoms with Crippen molar-refractivity contribution in [2.24, 2.45) is 0 Å². The van der Waals surface area contributed by atoms with Crippen LogP contribution in [0, 0.1) is 0 Å². The molecule has 23 heavy (non-hydrogen) atoms. The summed E-state index contributed by atoms with van der Waals surface area (Å²) in [6.45, 7) is 0.0740. The van der Waals surface area contributed by atoms with Gasteiger partial charge in [-0.25, -0.2) is 4.79 Å². The molecule has 1 saturated heterocycles. The van der Waals surface area contributed by atoms with Gasteiger partial charge in [-0.15, -0.1) is 0 Å². The third kappa shape index (κ3) is 3.21. The highest BCUT2D eigenvalue weighted by Gasteiger charge is 2.42. The molecule has 1 aliphatic rings. The van der Waals surface area contributed by atoms with E-state index in [1.54, 1.807) is 24.3 Å². The molecule has 1 fully saturated rings. The van der Waals surface area contributed by atoms with E-state index in [0.717, 1.165) is 5.39 Å². The Hall–Kier alpha value is -1.97. The van der Waals surface area contributed by atoms with Crippen LogP contribution in [0.5, 0.6) is 0 Å². The quantitative estimate of drug-likeness (QED) is 0.455. The van der Waals surface area contributed by atoms with Crippen molar-refractivity contribution < 1.29 is 29.6 Å². The van der Waals surface area contributed by atoms with Crippen molar-refractivity contribution >= 4 is 16.7 Å². The van der Waals surface area contributed by atoms with Gasteiger partial charge in [0, 0.05) is 29.8 Å². The normalized spacial score (nSPS) is 31.2. The van der Waals surface area contributed by atoms with Crippen molar-refractivity contribution in [3.8, 4) is 0 Å². The first kappa shape index (κ1) is 15.9. The third-order valence-electron chi connectivity index (χ3n) is 3.82. The van der Waals surface area contributed by atoms with Gasteiger partial charge in [0.25, 0.3) is 0 Å². The molecule has 0 bridgehead atoms. The average molecular weight is 323 g/mol. The predicted octanol–water partition coefficient (Wildman–Crippen LogP) is -0.995. The van der Waals surface area contributed by atoms with Gasteiger partial charge in [0.2, 0.25) is 0 Å². The fraction of sp³-hybridized carbons (Fsp3) is 0.400. The van der Waals surface area contributed by atoms with Crippen LogP contribution in [0.4, 0.5) is 5.69 Å². The Bertz CT molecular complexity index is 746. The molecule has 8 heteroatoms. The molecule has 0 radical (unpaired) electrons. The monoisotopic (exact) mass is 323 g/mol. The van der Waals surface area contributed by atoms with Crippen LogP contribution >= 0.6 is 0 Å². The SMILES string of the molecule is O=c1ccc2ccc(NCC3OC(O)[C@H](O)C(O)[C@@H]3O)cc2o1. The Labute approximate surface area is 130 Å². The molecule has 5 N–H and O–H groups in total. The molecule has 1 aromatic heterocycles. The summed E-state index contributed by atoms with van der Waals surface area (Å²) < 4.78 is 10.1. The summed E-state index contributed by atoms with van der Waals surface area (Å²) in [6.07, 6.45) is -6.90. The Morgan fingerprint density at radius 3 is 2.52 bits per heavy atom. The van der Waals surface area contributed by atoms with Crippen molar-refractivity contribution in [3.63, 3.8) is 0 Å². The van der Waals surface area contributed by atoms with Gasteiger partial charge in [0.05, 0.1) is 0 Å². The second-order valence-electron chi connectivity index (χ2n) is 5.42. The number of aliphatic hydroxyl groups is 4. The second kappa shape index (κ2) is 6.26. The second-order valence-corrected chi connectivity index (χ2v) is 5.42. The maximum absolute atomic E-state index is 11.2. The van der Waals surface area contributed by atoms with Crippen LogP contribution in [-0.2, 0) is 4.74 Å². The predicted molar refractivity (Wildman–Crippen MR) is 79.9 cm³/mol. The van der Waals surface area contributed by atoms with Gasteiger partial charge in [0.1, 0.15) is 30.0 Å². The molecule has 124 valence electrons. The van der Waals surface area contributed by atoms with Gasteiger partial charge in [-0.1, -0.05) is 0 Å². The molecule has 3 rings (SSSR count). The van der Waals surface area contributed by atoms with E-state index in [0.29, 0.717) is 11.3 Å². The lowest BCUT2D eigenvalue weighted by Crippen LogP contribution is -2.59. The summed E-state index contributed by atoms with van der Waals surface area (Å²) in [5, 5.41) is 42.1. The Morgan fingerprint density at radius 1 is 1.00 bits per heavy atom. The summed E-state index contributed by atoms with van der Waals surface area (Å²) in [5.41, 5.74) is 0.557. The molecule has 0 saturated carbocycles. The van der Waals surface area contributed by atoms with Crippen LogP contribution in [0.25, 0.3) is 11.0 Å². The van der Waals surface area contributed by atoms with E-state index in [4.69, 9.17) is 9.15 Å². The zero-order chi connectivity index (χ0) is 16.6. The topological polar surface area (TPSA) is 132 Å². The highest BCUT2D eigenvalue weighted by molar-refractivity contribution is 5.80. The number of aliphatic hydroxyl groups excluding tert-OH is 4. The van der Waals surface area contributed by atoms with Gasteiger partial charge in [-0.2, -0.15) is 0 Å². The molecule has 8 nitrogen and oxygen atoms in total. The minimum atomic E-state index is -1.57. The van der Waals surface area contributed by atoms with Gasteiger partial charge in [-0.3, -0.25) is 0 Å². The highest BCUT2D eigenvalue weighted by Crippen LogP contribution is 2.22. The zero-order valence-corrected chi connectivity index (χ0v) is 12.0. The van der Waals surface area contributed by atoms with E-state index in [2.05, 4.69) is 5.32 Å². The fourth-order valence-electron chi connectivity index (χ4n) is 2.49. The van der Waals surface area contributed by atoms with E-state index in [9.17, 15) is 25.2 Å². The molecule has 0 aliphatic carbocycles. The minimum absolute atomic E-state index is 0.0740. The van der Waals surface area contributed by atoms with Crippen molar-refractivity contribution in [3.05, 3.63) is 40.8 Å². The molecule has 1 aromatic carbocycles. The first-order valence-corrected chi connectivity index (χ1v) is 7.11. The van der Waals surface area contributed by atoms with Crippen molar-refractivity contribution in [1.29, 1.82) is 0 Å². The number of anilines is 1. The highest BCUT2D eigenvalue weighted by atomic mass is 16.6. The first-order valence-electron chi connectivity index (χ1n) is 7.11. The van der Waals surface area contributed by atoms with Gasteiger partial charge >= 0.3 is 5.63 Å². The molecular formula is C15H17NO7. The minimum Gasteiger partial charge on any atom is -0.423 e. The zero-order valence-electron chi connectivity index (χ0n) is 12.0. The molecular weight excluding hydrogens is 306 g/mol. The maximum atomic E-state index is 11.2. The smallest absolute Gasteiger partial charge is 0.336 e. The average Bonchev–Trinajstić information content (AvgIpc) is 2.54. The van der Waals surface area contributed by atoms with Crippen LogP contribution < -0.4 is 10.9 Å². The van der Waals surface area contributed by atoms with E-state index < -0.39 is 36.3 Å². The number of nitrogens with one attached hydrogen (secondary N) is 1. The van der Waals surface area contributed by atoms with Gasteiger partial charge in [0.15, 0.2) is 6.29 Å². The lowest BCUT2D eigenvalue weighted by molar-refractivity contribution is -0.278. The number of ether oxygens (including phenoxy) is 1. The number of benzene rings is 1. The van der Waals surface area contributed by atoms with Crippen molar-refractivity contribution in [2.75, 3.05) is 11.9 Å². The van der Waals surface area contributed by atoms with Crippen LogP contribution in [0.2, 0.25) is 0 Å². The molecule has 1 aliphatic heterocycles. The van der Waals surface area contributed by atoms with Crippen LogP contribution in [-0.4, -0.2) is 57.7 Å². The molecule has 3 unspecified atom stereocenters. The van der Waals surface area contributed by atoms with Gasteiger partial charge in [-0.05, 0) is 18.2 Å². The molecule has 0 amide bonds. The summed E-state index contributed by atoms with van der Waals surface area (Å²) in [5.74, 6) is 0. The number of rotatable bonds is 3. The van der Waals surface area contributed by atoms with E-state index in [1.807, 2.05) is 0 Å². The van der Waals surface area contributed by atoms with Gasteiger partial charge < -0.3 is 34.9 Å². The number of hydrogen-bond donors (Lipinski definition) is 5. The summed E-state index contributed by atoms with van der Waals surface area (Å²) in [4.78, 5) is 11.2. The number of hydrogen-bond acceptors (Lipinski definition) is 8. The summed E-state index contributed by atoms with van der Waals surface area (Å²) in [6, 6.07) is 8.10. The Kier molecular flexibility index (Phi) is 4.33. The van der Waals surface area contributed by atoms with Crippen molar-refractivity contribution in [1.82, 2.24) is 0 Å². The Balaban J connectivity index is 1.71. The molecule has 2 aromatic rings.